The van der Waals surface area contributed by atoms with Crippen LogP contribution in [0.4, 0.5) is 79.6 Å². The lowest BCUT2D eigenvalue weighted by atomic mass is 10.2. The van der Waals surface area contributed by atoms with E-state index in [-0.39, 0.29) is 6.73 Å². The Morgan fingerprint density at radius 2 is 0.587 bits per heavy atom. The molecule has 0 unspecified atom stereocenters. The van der Waals surface area contributed by atoms with E-state index in [1.807, 2.05) is 59.3 Å². The number of hydrogen-bond donors (Lipinski definition) is 4. The van der Waals surface area contributed by atoms with E-state index in [4.69, 9.17) is 11.5 Å². The first kappa shape index (κ1) is 56.0. The summed E-state index contributed by atoms with van der Waals surface area (Å²) in [5.41, 5.74) is 26.1. The molecule has 15 nitrogen and oxygen atoms in total. The molecule has 0 amide bonds. The van der Waals surface area contributed by atoms with Gasteiger partial charge < -0.3 is 75.8 Å². The van der Waals surface area contributed by atoms with Gasteiger partial charge in [-0.15, -0.1) is 0 Å². The van der Waals surface area contributed by atoms with Crippen molar-refractivity contribution in [2.45, 2.75) is 0 Å². The van der Waals surface area contributed by atoms with E-state index in [9.17, 15) is 5.11 Å². The van der Waals surface area contributed by atoms with Crippen LogP contribution in [0.15, 0.2) is 170 Å². The minimum atomic E-state index is -0.0783. The Labute approximate surface area is 448 Å². The molecule has 7 aromatic carbocycles. The second-order valence-corrected chi connectivity index (χ2v) is 19.9. The van der Waals surface area contributed by atoms with Gasteiger partial charge in [-0.25, -0.2) is 0 Å². The first-order chi connectivity index (χ1) is 35.9. The van der Waals surface area contributed by atoms with Crippen LogP contribution in [0.25, 0.3) is 0 Å². The molecule has 0 radical (unpaired) electrons. The highest BCUT2D eigenvalue weighted by atomic mass is 16.3. The Bertz CT molecular complexity index is 2570. The maximum absolute atomic E-state index is 10.2. The summed E-state index contributed by atoms with van der Waals surface area (Å²) in [6.07, 6.45) is 0. The van der Waals surface area contributed by atoms with Crippen molar-refractivity contribution in [1.29, 1.82) is 0 Å². The highest BCUT2D eigenvalue weighted by Gasteiger charge is 2.25. The number of benzene rings is 7. The van der Waals surface area contributed by atoms with Gasteiger partial charge in [0.25, 0.3) is 0 Å². The SMILES string of the molecule is CN(C)c1ccc(N2CN(c3ccc(N(C)C)cc3)CN(c3ccc(N(C)C)cc3)C2)cc1.CN(C)c1ccc(NCN(CN(CO)c2ccc(N(C)C)cc2)c2ccc(N(C)C)cc2)cc1.Nc1ccc(N)cc1. The predicted octanol–water partition coefficient (Wildman–Crippen LogP) is 9.62. The summed E-state index contributed by atoms with van der Waals surface area (Å²) in [7, 11) is 24.7. The van der Waals surface area contributed by atoms with Crippen LogP contribution in [0.3, 0.4) is 0 Å². The van der Waals surface area contributed by atoms with E-state index in [0.29, 0.717) is 13.3 Å². The van der Waals surface area contributed by atoms with Gasteiger partial charge in [-0.05, 0) is 170 Å². The van der Waals surface area contributed by atoms with E-state index in [1.165, 1.54) is 34.1 Å². The van der Waals surface area contributed by atoms with Crippen LogP contribution in [0.2, 0.25) is 0 Å². The number of anilines is 14. The first-order valence-electron chi connectivity index (χ1n) is 25.2. The molecular formula is C60H82N14O. The number of aliphatic hydroxyl groups is 1. The summed E-state index contributed by atoms with van der Waals surface area (Å²) >= 11 is 0. The quantitative estimate of drug-likeness (QED) is 0.0512. The normalized spacial score (nSPS) is 11.8. The van der Waals surface area contributed by atoms with Gasteiger partial charge in [-0.2, -0.15) is 0 Å². The smallest absolute Gasteiger partial charge is 0.117 e. The third kappa shape index (κ3) is 16.1. The van der Waals surface area contributed by atoms with E-state index in [2.05, 4.69) is 230 Å². The van der Waals surface area contributed by atoms with Crippen LogP contribution in [-0.2, 0) is 0 Å². The van der Waals surface area contributed by atoms with Crippen molar-refractivity contribution in [3.8, 4) is 0 Å². The van der Waals surface area contributed by atoms with Crippen LogP contribution in [0, 0.1) is 0 Å². The molecule has 15 heteroatoms. The van der Waals surface area contributed by atoms with Gasteiger partial charge in [0.2, 0.25) is 0 Å². The van der Waals surface area contributed by atoms with Crippen LogP contribution < -0.4 is 70.7 Å². The summed E-state index contributed by atoms with van der Waals surface area (Å²) in [6, 6.07) is 58.7. The number of nitrogens with one attached hydrogen (secondary N) is 1. The monoisotopic (exact) mass is 1010 g/mol. The van der Waals surface area contributed by atoms with Crippen molar-refractivity contribution < 1.29 is 5.11 Å². The lowest BCUT2D eigenvalue weighted by Crippen LogP contribution is -2.55. The molecular weight excluding hydrogens is 933 g/mol. The van der Waals surface area contributed by atoms with E-state index < -0.39 is 0 Å². The van der Waals surface area contributed by atoms with Crippen molar-refractivity contribution >= 4 is 79.6 Å². The molecule has 1 aliphatic rings. The van der Waals surface area contributed by atoms with Crippen LogP contribution in [0.1, 0.15) is 0 Å². The molecule has 398 valence electrons. The molecule has 0 bridgehead atoms. The number of nitrogens with zero attached hydrogens (tertiary/aromatic N) is 11. The summed E-state index contributed by atoms with van der Waals surface area (Å²) in [6.45, 7) is 3.57. The molecule has 6 N–H and O–H groups in total. The first-order valence-corrected chi connectivity index (χ1v) is 25.2. The molecule has 1 aliphatic heterocycles. The zero-order valence-electron chi connectivity index (χ0n) is 46.4. The average molecular weight is 1020 g/mol. The number of nitrogens with two attached hydrogens (primary N) is 2. The van der Waals surface area contributed by atoms with Crippen molar-refractivity contribution in [2.75, 3.05) is 195 Å². The largest absolute Gasteiger partial charge is 0.399 e. The Balaban J connectivity index is 0.000000212. The fourth-order valence-corrected chi connectivity index (χ4v) is 8.25. The van der Waals surface area contributed by atoms with Gasteiger partial charge in [0.05, 0.1) is 33.3 Å². The Morgan fingerprint density at radius 3 is 0.853 bits per heavy atom. The Morgan fingerprint density at radius 1 is 0.347 bits per heavy atom. The van der Waals surface area contributed by atoms with Crippen molar-refractivity contribution in [3.05, 3.63) is 170 Å². The van der Waals surface area contributed by atoms with Gasteiger partial charge in [0.15, 0.2) is 0 Å². The minimum absolute atomic E-state index is 0.0783. The number of nitrogen functional groups attached to an aromatic ring is 2. The number of aliphatic hydroxyl groups excluding tert-OH is 1. The molecule has 0 aliphatic carbocycles. The molecule has 8 rings (SSSR count). The Kier molecular flexibility index (Phi) is 19.9. The topological polar surface area (TPSA) is 120 Å². The van der Waals surface area contributed by atoms with Gasteiger partial charge in [-0.1, -0.05) is 0 Å². The second kappa shape index (κ2) is 26.6. The highest BCUT2D eigenvalue weighted by molar-refractivity contribution is 5.65. The molecule has 1 heterocycles. The van der Waals surface area contributed by atoms with E-state index in [0.717, 1.165) is 65.5 Å². The van der Waals surface area contributed by atoms with Crippen molar-refractivity contribution in [2.24, 2.45) is 0 Å². The van der Waals surface area contributed by atoms with Gasteiger partial charge >= 0.3 is 0 Å². The Hall–Kier alpha value is -8.30. The maximum atomic E-state index is 10.2. The van der Waals surface area contributed by atoms with E-state index >= 15 is 0 Å². The standard InChI is InChI=1S/C27H38N6O.C27H36N6.C6H8N2/c1-29(2)23-9-7-22(8-10-23)28-19-32(26-15-11-24(12-16-26)30(3)4)20-33(21-34)27-17-13-25(14-18-27)31(5)6;1-28(2)22-7-13-25(14-8-22)31-19-32(26-15-9-23(10-16-26)29(3)4)21-33(20-31)27-17-11-24(12-18-27)30(5)6;7-5-1-2-6(8)4-3-5/h7-18,28,34H,19-21H2,1-6H3;7-18H,19-21H2,1-6H3;1-4H,7-8H2. The van der Waals surface area contributed by atoms with Crippen molar-refractivity contribution in [1.82, 2.24) is 0 Å². The van der Waals surface area contributed by atoms with Crippen LogP contribution in [-0.4, -0.2) is 130 Å². The molecule has 0 saturated carbocycles. The number of rotatable bonds is 17. The zero-order valence-corrected chi connectivity index (χ0v) is 46.4. The molecule has 1 fully saturated rings. The summed E-state index contributed by atoms with van der Waals surface area (Å²) in [4.78, 5) is 24.1. The molecule has 7 aromatic rings. The molecule has 1 saturated heterocycles. The van der Waals surface area contributed by atoms with Crippen molar-refractivity contribution in [3.63, 3.8) is 0 Å². The minimum Gasteiger partial charge on any atom is -0.399 e. The summed E-state index contributed by atoms with van der Waals surface area (Å²) in [5.74, 6) is 0. The average Bonchev–Trinajstić information content (AvgIpc) is 3.42. The highest BCUT2D eigenvalue weighted by Crippen LogP contribution is 2.30. The predicted molar refractivity (Wildman–Crippen MR) is 327 cm³/mol. The fraction of sp³-hybridized carbons (Fsp3) is 0.300. The molecule has 0 atom stereocenters. The van der Waals surface area contributed by atoms with Crippen LogP contribution in [0.5, 0.6) is 0 Å². The zero-order chi connectivity index (χ0) is 54.2. The molecule has 75 heavy (non-hydrogen) atoms. The number of hydrogen-bond acceptors (Lipinski definition) is 15. The lowest BCUT2D eigenvalue weighted by Gasteiger charge is -2.45. The fourth-order valence-electron chi connectivity index (χ4n) is 8.25. The van der Waals surface area contributed by atoms with Gasteiger partial charge in [0, 0.05) is 164 Å². The third-order valence-corrected chi connectivity index (χ3v) is 13.0. The summed E-state index contributed by atoms with van der Waals surface area (Å²) < 4.78 is 0. The second-order valence-electron chi connectivity index (χ2n) is 19.9. The van der Waals surface area contributed by atoms with E-state index in [1.54, 1.807) is 24.3 Å². The molecule has 0 spiro atoms. The molecule has 0 aromatic heterocycles. The van der Waals surface area contributed by atoms with Gasteiger partial charge in [-0.3, -0.25) is 0 Å². The third-order valence-electron chi connectivity index (χ3n) is 13.0. The van der Waals surface area contributed by atoms with Crippen LogP contribution >= 0.6 is 0 Å². The lowest BCUT2D eigenvalue weighted by molar-refractivity contribution is 0.290. The van der Waals surface area contributed by atoms with Gasteiger partial charge in [0.1, 0.15) is 6.73 Å². The summed E-state index contributed by atoms with van der Waals surface area (Å²) in [5, 5.41) is 13.7. The maximum Gasteiger partial charge on any atom is 0.117 e.